The molecule has 0 radical (unpaired) electrons. The van der Waals surface area contributed by atoms with Gasteiger partial charge in [-0.25, -0.2) is 4.79 Å². The minimum atomic E-state index is -0.949. The normalized spacial score (nSPS) is 11.4. The highest BCUT2D eigenvalue weighted by Gasteiger charge is 2.16. The lowest BCUT2D eigenvalue weighted by molar-refractivity contribution is -0.141. The standard InChI is InChI=1S/C15H21N3O4/c1-11(14(20)21)10-18(2)15(22)17-9-8-16-13(19)12-6-4-3-5-7-12/h3-7,11H,8-10H2,1-2H3,(H,16,19)(H,17,22)(H,20,21). The van der Waals surface area contributed by atoms with Crippen molar-refractivity contribution in [1.82, 2.24) is 15.5 Å². The largest absolute Gasteiger partial charge is 0.481 e. The zero-order valence-electron chi connectivity index (χ0n) is 12.7. The summed E-state index contributed by atoms with van der Waals surface area (Å²) < 4.78 is 0. The molecule has 1 atom stereocenters. The predicted molar refractivity (Wildman–Crippen MR) is 81.6 cm³/mol. The zero-order valence-corrected chi connectivity index (χ0v) is 12.7. The molecule has 7 nitrogen and oxygen atoms in total. The molecule has 0 saturated carbocycles. The molecule has 7 heteroatoms. The lowest BCUT2D eigenvalue weighted by atomic mass is 10.2. The second-order valence-electron chi connectivity index (χ2n) is 4.97. The van der Waals surface area contributed by atoms with Gasteiger partial charge in [0.1, 0.15) is 0 Å². The number of hydrogen-bond acceptors (Lipinski definition) is 3. The quantitative estimate of drug-likeness (QED) is 0.648. The van der Waals surface area contributed by atoms with E-state index in [1.807, 2.05) is 6.07 Å². The van der Waals surface area contributed by atoms with Crippen LogP contribution in [0.15, 0.2) is 30.3 Å². The van der Waals surface area contributed by atoms with Crippen LogP contribution in [0.4, 0.5) is 4.79 Å². The lowest BCUT2D eigenvalue weighted by Crippen LogP contribution is -2.43. The number of nitrogens with one attached hydrogen (secondary N) is 2. The molecule has 0 spiro atoms. The number of rotatable bonds is 7. The Hall–Kier alpha value is -2.57. The second-order valence-corrected chi connectivity index (χ2v) is 4.97. The van der Waals surface area contributed by atoms with Crippen molar-refractivity contribution in [3.63, 3.8) is 0 Å². The molecule has 0 aromatic heterocycles. The fourth-order valence-corrected chi connectivity index (χ4v) is 1.74. The minimum absolute atomic E-state index is 0.123. The highest BCUT2D eigenvalue weighted by molar-refractivity contribution is 5.94. The summed E-state index contributed by atoms with van der Waals surface area (Å²) in [7, 11) is 1.53. The maximum Gasteiger partial charge on any atom is 0.317 e. The Balaban J connectivity index is 2.25. The van der Waals surface area contributed by atoms with E-state index in [-0.39, 0.29) is 25.0 Å². The topological polar surface area (TPSA) is 98.7 Å². The lowest BCUT2D eigenvalue weighted by Gasteiger charge is -2.20. The van der Waals surface area contributed by atoms with Crippen LogP contribution in [0.1, 0.15) is 17.3 Å². The zero-order chi connectivity index (χ0) is 16.5. The average Bonchev–Trinajstić information content (AvgIpc) is 2.51. The molecular weight excluding hydrogens is 286 g/mol. The number of nitrogens with zero attached hydrogens (tertiary/aromatic N) is 1. The van der Waals surface area contributed by atoms with Crippen molar-refractivity contribution in [2.24, 2.45) is 5.92 Å². The number of amides is 3. The summed E-state index contributed by atoms with van der Waals surface area (Å²) in [4.78, 5) is 35.5. The van der Waals surface area contributed by atoms with Crippen LogP contribution in [0, 0.1) is 5.92 Å². The fraction of sp³-hybridized carbons (Fsp3) is 0.400. The molecule has 0 bridgehead atoms. The summed E-state index contributed by atoms with van der Waals surface area (Å²) in [6.07, 6.45) is 0. The van der Waals surface area contributed by atoms with Gasteiger partial charge < -0.3 is 20.6 Å². The van der Waals surface area contributed by atoms with Gasteiger partial charge in [-0.3, -0.25) is 9.59 Å². The number of carbonyl (C=O) groups is 3. The van der Waals surface area contributed by atoms with Gasteiger partial charge in [0.2, 0.25) is 0 Å². The van der Waals surface area contributed by atoms with Gasteiger partial charge in [-0.1, -0.05) is 25.1 Å². The minimum Gasteiger partial charge on any atom is -0.481 e. The molecule has 0 heterocycles. The summed E-state index contributed by atoms with van der Waals surface area (Å²) in [6.45, 7) is 2.22. The monoisotopic (exact) mass is 307 g/mol. The molecule has 22 heavy (non-hydrogen) atoms. The van der Waals surface area contributed by atoms with Crippen molar-refractivity contribution in [1.29, 1.82) is 0 Å². The smallest absolute Gasteiger partial charge is 0.317 e. The number of carbonyl (C=O) groups excluding carboxylic acids is 2. The van der Waals surface area contributed by atoms with Crippen LogP contribution >= 0.6 is 0 Å². The van der Waals surface area contributed by atoms with Crippen molar-refractivity contribution in [3.8, 4) is 0 Å². The molecule has 0 saturated heterocycles. The molecule has 3 N–H and O–H groups in total. The Kier molecular flexibility index (Phi) is 6.88. The van der Waals surface area contributed by atoms with Crippen molar-refractivity contribution < 1.29 is 19.5 Å². The summed E-state index contributed by atoms with van der Waals surface area (Å²) in [5, 5.41) is 14.1. The Morgan fingerprint density at radius 2 is 1.73 bits per heavy atom. The molecule has 120 valence electrons. The van der Waals surface area contributed by atoms with Crippen molar-refractivity contribution in [2.45, 2.75) is 6.92 Å². The summed E-state index contributed by atoms with van der Waals surface area (Å²) in [5.41, 5.74) is 0.557. The first-order chi connectivity index (χ1) is 10.4. The number of carboxylic acids is 1. The maximum absolute atomic E-state index is 11.7. The third-order valence-electron chi connectivity index (χ3n) is 3.04. The molecule has 3 amide bonds. The maximum atomic E-state index is 11.7. The van der Waals surface area contributed by atoms with Gasteiger partial charge in [0, 0.05) is 32.2 Å². The Morgan fingerprint density at radius 1 is 1.14 bits per heavy atom. The first kappa shape index (κ1) is 17.5. The molecular formula is C15H21N3O4. The van der Waals surface area contributed by atoms with Gasteiger partial charge in [0.05, 0.1) is 5.92 Å². The third kappa shape index (κ3) is 5.82. The van der Waals surface area contributed by atoms with E-state index >= 15 is 0 Å². The molecule has 0 aliphatic carbocycles. The molecule has 0 aliphatic rings. The SMILES string of the molecule is CC(CN(C)C(=O)NCCNC(=O)c1ccccc1)C(=O)O. The Bertz CT molecular complexity index is 519. The van der Waals surface area contributed by atoms with Crippen LogP contribution in [-0.2, 0) is 4.79 Å². The van der Waals surface area contributed by atoms with Gasteiger partial charge >= 0.3 is 12.0 Å². The van der Waals surface area contributed by atoms with E-state index in [1.165, 1.54) is 18.9 Å². The van der Waals surface area contributed by atoms with Gasteiger partial charge in [-0.05, 0) is 12.1 Å². The van der Waals surface area contributed by atoms with E-state index in [0.29, 0.717) is 12.1 Å². The highest BCUT2D eigenvalue weighted by atomic mass is 16.4. The van der Waals surface area contributed by atoms with Crippen LogP contribution in [-0.4, -0.2) is 54.6 Å². The molecule has 1 aromatic rings. The van der Waals surface area contributed by atoms with Crippen LogP contribution < -0.4 is 10.6 Å². The second kappa shape index (κ2) is 8.66. The number of aliphatic carboxylic acids is 1. The van der Waals surface area contributed by atoms with E-state index in [2.05, 4.69) is 10.6 Å². The summed E-state index contributed by atoms with van der Waals surface area (Å²) >= 11 is 0. The van der Waals surface area contributed by atoms with Gasteiger partial charge in [0.15, 0.2) is 0 Å². The molecule has 0 fully saturated rings. The van der Waals surface area contributed by atoms with E-state index in [4.69, 9.17) is 5.11 Å². The molecule has 0 aliphatic heterocycles. The van der Waals surface area contributed by atoms with Crippen LogP contribution in [0.2, 0.25) is 0 Å². The number of hydrogen-bond donors (Lipinski definition) is 3. The Morgan fingerprint density at radius 3 is 2.32 bits per heavy atom. The number of carboxylic acid groups (broad SMARTS) is 1. The van der Waals surface area contributed by atoms with Gasteiger partial charge in [-0.15, -0.1) is 0 Å². The number of urea groups is 1. The summed E-state index contributed by atoms with van der Waals surface area (Å²) in [5.74, 6) is -1.79. The van der Waals surface area contributed by atoms with Crippen LogP contribution in [0.25, 0.3) is 0 Å². The van der Waals surface area contributed by atoms with Gasteiger partial charge in [0.25, 0.3) is 5.91 Å². The van der Waals surface area contributed by atoms with E-state index < -0.39 is 11.9 Å². The molecule has 1 rings (SSSR count). The molecule has 1 aromatic carbocycles. The number of benzene rings is 1. The van der Waals surface area contributed by atoms with Crippen molar-refractivity contribution >= 4 is 17.9 Å². The first-order valence-electron chi connectivity index (χ1n) is 6.97. The Labute approximate surface area is 129 Å². The summed E-state index contributed by atoms with van der Waals surface area (Å²) in [6, 6.07) is 8.40. The predicted octanol–water partition coefficient (Wildman–Crippen LogP) is 0.778. The van der Waals surface area contributed by atoms with Gasteiger partial charge in [-0.2, -0.15) is 0 Å². The van der Waals surface area contributed by atoms with Crippen LogP contribution in [0.3, 0.4) is 0 Å². The molecule has 1 unspecified atom stereocenters. The van der Waals surface area contributed by atoms with Crippen molar-refractivity contribution in [3.05, 3.63) is 35.9 Å². The third-order valence-corrected chi connectivity index (χ3v) is 3.04. The van der Waals surface area contributed by atoms with Crippen molar-refractivity contribution in [2.75, 3.05) is 26.7 Å². The first-order valence-corrected chi connectivity index (χ1v) is 6.97. The highest BCUT2D eigenvalue weighted by Crippen LogP contribution is 1.98. The van der Waals surface area contributed by atoms with E-state index in [9.17, 15) is 14.4 Å². The van der Waals surface area contributed by atoms with E-state index in [1.54, 1.807) is 24.3 Å². The average molecular weight is 307 g/mol. The van der Waals surface area contributed by atoms with Crippen LogP contribution in [0.5, 0.6) is 0 Å². The van der Waals surface area contributed by atoms with E-state index in [0.717, 1.165) is 0 Å². The fourth-order valence-electron chi connectivity index (χ4n) is 1.74.